The number of amides is 1. The molecular formula is C16H24ClNO3S. The van der Waals surface area contributed by atoms with Gasteiger partial charge >= 0.3 is 0 Å². The topological polar surface area (TPSA) is 63.2 Å². The van der Waals surface area contributed by atoms with Gasteiger partial charge in [0.1, 0.15) is 0 Å². The van der Waals surface area contributed by atoms with E-state index in [0.29, 0.717) is 12.5 Å². The third-order valence-electron chi connectivity index (χ3n) is 3.71. The minimum Gasteiger partial charge on any atom is -0.352 e. The van der Waals surface area contributed by atoms with E-state index in [9.17, 15) is 13.2 Å². The minimum absolute atomic E-state index is 0.0973. The van der Waals surface area contributed by atoms with Crippen LogP contribution in [0, 0.1) is 5.92 Å². The van der Waals surface area contributed by atoms with Gasteiger partial charge < -0.3 is 5.32 Å². The van der Waals surface area contributed by atoms with Crippen molar-refractivity contribution >= 4 is 27.3 Å². The zero-order chi connectivity index (χ0) is 16.8. The zero-order valence-electron chi connectivity index (χ0n) is 13.4. The van der Waals surface area contributed by atoms with Gasteiger partial charge in [0.25, 0.3) is 5.91 Å². The molecule has 0 aliphatic carbocycles. The number of benzene rings is 1. The lowest BCUT2D eigenvalue weighted by Gasteiger charge is -2.16. The van der Waals surface area contributed by atoms with Crippen molar-refractivity contribution in [3.63, 3.8) is 0 Å². The van der Waals surface area contributed by atoms with E-state index in [2.05, 4.69) is 19.2 Å². The van der Waals surface area contributed by atoms with E-state index in [1.807, 2.05) is 0 Å². The van der Waals surface area contributed by atoms with Crippen LogP contribution in [0.25, 0.3) is 0 Å². The first kappa shape index (κ1) is 19.0. The van der Waals surface area contributed by atoms with Gasteiger partial charge in [-0.15, -0.1) is 0 Å². The second-order valence-electron chi connectivity index (χ2n) is 5.54. The van der Waals surface area contributed by atoms with Crippen LogP contribution in [-0.4, -0.2) is 27.1 Å². The molecule has 1 unspecified atom stereocenters. The number of halogens is 1. The van der Waals surface area contributed by atoms with Crippen molar-refractivity contribution in [3.8, 4) is 0 Å². The maximum absolute atomic E-state index is 12.2. The van der Waals surface area contributed by atoms with Crippen LogP contribution >= 0.6 is 11.6 Å². The molecule has 0 saturated carbocycles. The van der Waals surface area contributed by atoms with Gasteiger partial charge in [0, 0.05) is 12.8 Å². The van der Waals surface area contributed by atoms with E-state index in [1.165, 1.54) is 18.2 Å². The zero-order valence-corrected chi connectivity index (χ0v) is 14.9. The van der Waals surface area contributed by atoms with Crippen molar-refractivity contribution in [2.24, 2.45) is 5.92 Å². The molecule has 1 N–H and O–H groups in total. The fourth-order valence-corrected chi connectivity index (χ4v) is 3.04. The smallest absolute Gasteiger partial charge is 0.252 e. The molecule has 0 spiro atoms. The van der Waals surface area contributed by atoms with Crippen LogP contribution in [0.3, 0.4) is 0 Å². The van der Waals surface area contributed by atoms with Gasteiger partial charge in [-0.25, -0.2) is 8.42 Å². The molecule has 0 radical (unpaired) electrons. The van der Waals surface area contributed by atoms with Gasteiger partial charge in [0.15, 0.2) is 9.84 Å². The highest BCUT2D eigenvalue weighted by atomic mass is 35.5. The number of rotatable bonds is 8. The van der Waals surface area contributed by atoms with Crippen LogP contribution in [0.1, 0.15) is 49.9 Å². The molecule has 0 heterocycles. The molecule has 1 aromatic rings. The lowest BCUT2D eigenvalue weighted by atomic mass is 9.99. The van der Waals surface area contributed by atoms with E-state index in [4.69, 9.17) is 11.6 Å². The number of carbonyl (C=O) groups is 1. The Bertz CT molecular complexity index is 614. The Kier molecular flexibility index (Phi) is 7.36. The highest BCUT2D eigenvalue weighted by Crippen LogP contribution is 2.21. The summed E-state index contributed by atoms with van der Waals surface area (Å²) in [6.45, 7) is 4.82. The molecule has 1 amide bonds. The first-order valence-electron chi connectivity index (χ1n) is 7.57. The van der Waals surface area contributed by atoms with Gasteiger partial charge in [-0.2, -0.15) is 0 Å². The monoisotopic (exact) mass is 345 g/mol. The lowest BCUT2D eigenvalue weighted by molar-refractivity contribution is 0.0945. The maximum Gasteiger partial charge on any atom is 0.252 e. The molecule has 0 bridgehead atoms. The fraction of sp³-hybridized carbons (Fsp3) is 0.562. The molecule has 1 rings (SSSR count). The summed E-state index contributed by atoms with van der Waals surface area (Å²) in [4.78, 5) is 12.3. The quantitative estimate of drug-likeness (QED) is 0.781. The summed E-state index contributed by atoms with van der Waals surface area (Å²) in [6.07, 6.45) is 5.45. The predicted molar refractivity (Wildman–Crippen MR) is 90.2 cm³/mol. The van der Waals surface area contributed by atoms with Crippen LogP contribution in [0.2, 0.25) is 5.02 Å². The molecule has 0 fully saturated rings. The minimum atomic E-state index is -3.36. The average molecular weight is 346 g/mol. The fourth-order valence-electron chi connectivity index (χ4n) is 2.18. The Balaban J connectivity index is 2.81. The summed E-state index contributed by atoms with van der Waals surface area (Å²) in [7, 11) is -3.36. The van der Waals surface area contributed by atoms with Crippen molar-refractivity contribution in [2.45, 2.75) is 44.4 Å². The Morgan fingerprint density at radius 2 is 2.00 bits per heavy atom. The third kappa shape index (κ3) is 5.61. The van der Waals surface area contributed by atoms with E-state index < -0.39 is 9.84 Å². The molecule has 124 valence electrons. The van der Waals surface area contributed by atoms with Crippen LogP contribution in [0.4, 0.5) is 0 Å². The van der Waals surface area contributed by atoms with Crippen LogP contribution < -0.4 is 5.32 Å². The summed E-state index contributed by atoms with van der Waals surface area (Å²) in [5.74, 6) is 0.103. The molecule has 6 heteroatoms. The van der Waals surface area contributed by atoms with Crippen molar-refractivity contribution in [3.05, 3.63) is 28.8 Å². The van der Waals surface area contributed by atoms with Gasteiger partial charge in [0.2, 0.25) is 0 Å². The molecule has 0 saturated heterocycles. The van der Waals surface area contributed by atoms with E-state index in [0.717, 1.165) is 31.9 Å². The summed E-state index contributed by atoms with van der Waals surface area (Å²) in [5, 5.41) is 3.12. The van der Waals surface area contributed by atoms with Crippen LogP contribution in [-0.2, 0) is 9.84 Å². The lowest BCUT2D eigenvalue weighted by Crippen LogP contribution is -2.29. The van der Waals surface area contributed by atoms with E-state index >= 15 is 0 Å². The average Bonchev–Trinajstić information content (AvgIpc) is 2.46. The van der Waals surface area contributed by atoms with Crippen LogP contribution in [0.5, 0.6) is 0 Å². The molecule has 4 nitrogen and oxygen atoms in total. The molecule has 0 aliphatic rings. The third-order valence-corrected chi connectivity index (χ3v) is 5.15. The SMILES string of the molecule is CCCCC(CC)CNC(=O)c1cc(S(C)(=O)=O)ccc1Cl. The summed E-state index contributed by atoms with van der Waals surface area (Å²) < 4.78 is 23.1. The Labute approximate surface area is 138 Å². The Morgan fingerprint density at radius 3 is 2.55 bits per heavy atom. The normalized spacial score (nSPS) is 12.9. The van der Waals surface area contributed by atoms with Crippen molar-refractivity contribution < 1.29 is 13.2 Å². The largest absolute Gasteiger partial charge is 0.352 e. The molecule has 1 aromatic carbocycles. The van der Waals surface area contributed by atoms with Gasteiger partial charge in [-0.3, -0.25) is 4.79 Å². The van der Waals surface area contributed by atoms with Gasteiger partial charge in [-0.05, 0) is 30.5 Å². The Morgan fingerprint density at radius 1 is 1.32 bits per heavy atom. The Hall–Kier alpha value is -1.07. The van der Waals surface area contributed by atoms with Gasteiger partial charge in [-0.1, -0.05) is 44.7 Å². The highest BCUT2D eigenvalue weighted by molar-refractivity contribution is 7.90. The second-order valence-corrected chi connectivity index (χ2v) is 7.96. The van der Waals surface area contributed by atoms with Crippen molar-refractivity contribution in [1.82, 2.24) is 5.32 Å². The molecule has 1 atom stereocenters. The van der Waals surface area contributed by atoms with Crippen molar-refractivity contribution in [2.75, 3.05) is 12.8 Å². The van der Waals surface area contributed by atoms with Crippen molar-refractivity contribution in [1.29, 1.82) is 0 Å². The number of unbranched alkanes of at least 4 members (excludes halogenated alkanes) is 1. The first-order chi connectivity index (χ1) is 10.3. The summed E-state index contributed by atoms with van der Waals surface area (Å²) in [5.41, 5.74) is 0.204. The number of carbonyl (C=O) groups excluding carboxylic acids is 1. The van der Waals surface area contributed by atoms with E-state index in [1.54, 1.807) is 0 Å². The molecule has 22 heavy (non-hydrogen) atoms. The summed E-state index contributed by atoms with van der Waals surface area (Å²) in [6, 6.07) is 4.19. The number of hydrogen-bond acceptors (Lipinski definition) is 3. The predicted octanol–water partition coefficient (Wildman–Crippen LogP) is 3.69. The molecule has 0 aliphatic heterocycles. The number of nitrogens with one attached hydrogen (secondary N) is 1. The van der Waals surface area contributed by atoms with Gasteiger partial charge in [0.05, 0.1) is 15.5 Å². The second kappa shape index (κ2) is 8.53. The molecule has 0 aromatic heterocycles. The highest BCUT2D eigenvalue weighted by Gasteiger charge is 2.16. The maximum atomic E-state index is 12.2. The summed E-state index contributed by atoms with van der Waals surface area (Å²) >= 11 is 6.02. The van der Waals surface area contributed by atoms with Crippen LogP contribution in [0.15, 0.2) is 23.1 Å². The number of hydrogen-bond donors (Lipinski definition) is 1. The first-order valence-corrected chi connectivity index (χ1v) is 9.84. The number of sulfone groups is 1. The molecular weight excluding hydrogens is 322 g/mol. The van der Waals surface area contributed by atoms with E-state index in [-0.39, 0.29) is 21.4 Å². The standard InChI is InChI=1S/C16H24ClNO3S/c1-4-6-7-12(5-2)11-18-16(19)14-10-13(22(3,20)21)8-9-15(14)17/h8-10,12H,4-7,11H2,1-3H3,(H,18,19).